The van der Waals surface area contributed by atoms with E-state index in [2.05, 4.69) is 37.5 Å². The molecule has 0 spiro atoms. The summed E-state index contributed by atoms with van der Waals surface area (Å²) in [5, 5.41) is 8.86. The Morgan fingerprint density at radius 3 is 2.70 bits per heavy atom. The fraction of sp³-hybridized carbons (Fsp3) is 0.200. The Bertz CT molecular complexity index is 1060. The van der Waals surface area contributed by atoms with Gasteiger partial charge >= 0.3 is 0 Å². The molecule has 0 atom stereocenters. The van der Waals surface area contributed by atoms with E-state index in [0.717, 1.165) is 28.0 Å². The van der Waals surface area contributed by atoms with Gasteiger partial charge in [-0.05, 0) is 36.6 Å². The molecule has 3 heterocycles. The Balaban J connectivity index is 1.59. The van der Waals surface area contributed by atoms with Crippen LogP contribution in [0.5, 0.6) is 0 Å². The summed E-state index contributed by atoms with van der Waals surface area (Å²) in [5.74, 6) is 1.30. The predicted molar refractivity (Wildman–Crippen MR) is 106 cm³/mol. The van der Waals surface area contributed by atoms with E-state index in [-0.39, 0.29) is 0 Å². The molecule has 0 unspecified atom stereocenters. The molecule has 3 aromatic heterocycles. The number of nitrogens with one attached hydrogen (secondary N) is 1. The zero-order valence-electron chi connectivity index (χ0n) is 15.3. The van der Waals surface area contributed by atoms with Crippen molar-refractivity contribution < 1.29 is 0 Å². The van der Waals surface area contributed by atoms with E-state index in [4.69, 9.17) is 5.73 Å². The summed E-state index contributed by atoms with van der Waals surface area (Å²) in [5.41, 5.74) is 10.8. The van der Waals surface area contributed by atoms with Crippen LogP contribution in [0.15, 0.2) is 48.9 Å². The molecule has 0 saturated carbocycles. The third-order valence-electron chi connectivity index (χ3n) is 4.56. The number of nitrogens with zero attached hydrogens (tertiary/aromatic N) is 5. The number of fused-ring (bicyclic) bond motifs is 1. The van der Waals surface area contributed by atoms with Crippen LogP contribution in [0.4, 0.5) is 11.6 Å². The second-order valence-electron chi connectivity index (χ2n) is 6.55. The van der Waals surface area contributed by atoms with Gasteiger partial charge in [-0.25, -0.2) is 15.0 Å². The van der Waals surface area contributed by atoms with Gasteiger partial charge in [-0.1, -0.05) is 30.3 Å². The fourth-order valence-corrected chi connectivity index (χ4v) is 3.20. The standard InChI is InChI=1S/C20H21N7/c1-13-8-18(21)25-14(2)16(13)9-22-19-17-11-27(26-20(17)24-12-23-19)10-15-6-4-3-5-7-15/h3-8,11-12H,9-10H2,1-2H3,(H2,21,25)(H,22,23,24,26). The predicted octanol–water partition coefficient (Wildman–Crippen LogP) is 3.08. The first-order chi connectivity index (χ1) is 13.1. The van der Waals surface area contributed by atoms with E-state index in [0.29, 0.717) is 24.6 Å². The number of aromatic nitrogens is 5. The Morgan fingerprint density at radius 1 is 1.11 bits per heavy atom. The molecule has 0 amide bonds. The number of rotatable bonds is 5. The third kappa shape index (κ3) is 3.57. The van der Waals surface area contributed by atoms with Crippen LogP contribution in [0, 0.1) is 13.8 Å². The normalized spacial score (nSPS) is 11.0. The SMILES string of the molecule is Cc1cc(N)nc(C)c1CNc1ncnc2nn(Cc3ccccc3)cc12. The minimum absolute atomic E-state index is 0.542. The van der Waals surface area contributed by atoms with Gasteiger partial charge in [0.2, 0.25) is 0 Å². The van der Waals surface area contributed by atoms with Gasteiger partial charge in [-0.15, -0.1) is 0 Å². The maximum atomic E-state index is 5.81. The monoisotopic (exact) mass is 359 g/mol. The summed E-state index contributed by atoms with van der Waals surface area (Å²) in [6.45, 7) is 5.31. The van der Waals surface area contributed by atoms with Crippen molar-refractivity contribution in [2.45, 2.75) is 26.9 Å². The van der Waals surface area contributed by atoms with Crippen molar-refractivity contribution in [3.63, 3.8) is 0 Å². The summed E-state index contributed by atoms with van der Waals surface area (Å²) in [7, 11) is 0. The highest BCUT2D eigenvalue weighted by Gasteiger charge is 2.11. The molecule has 27 heavy (non-hydrogen) atoms. The van der Waals surface area contributed by atoms with Crippen molar-refractivity contribution in [1.82, 2.24) is 24.7 Å². The number of hydrogen-bond acceptors (Lipinski definition) is 6. The Labute approximate surface area is 157 Å². The minimum atomic E-state index is 0.542. The van der Waals surface area contributed by atoms with E-state index in [9.17, 15) is 0 Å². The number of nitrogens with two attached hydrogens (primary N) is 1. The summed E-state index contributed by atoms with van der Waals surface area (Å²) in [6.07, 6.45) is 3.51. The number of pyridine rings is 1. The van der Waals surface area contributed by atoms with Crippen LogP contribution >= 0.6 is 0 Å². The van der Waals surface area contributed by atoms with Crippen molar-refractivity contribution in [3.8, 4) is 0 Å². The lowest BCUT2D eigenvalue weighted by atomic mass is 10.1. The molecule has 136 valence electrons. The molecule has 0 aliphatic rings. The summed E-state index contributed by atoms with van der Waals surface area (Å²) in [4.78, 5) is 13.0. The zero-order chi connectivity index (χ0) is 18.8. The van der Waals surface area contributed by atoms with Gasteiger partial charge in [-0.2, -0.15) is 5.10 Å². The lowest BCUT2D eigenvalue weighted by Gasteiger charge is -2.12. The number of hydrogen-bond donors (Lipinski definition) is 2. The molecule has 0 fully saturated rings. The lowest BCUT2D eigenvalue weighted by Crippen LogP contribution is -2.08. The second kappa shape index (κ2) is 7.03. The van der Waals surface area contributed by atoms with E-state index in [1.165, 1.54) is 11.9 Å². The van der Waals surface area contributed by atoms with E-state index >= 15 is 0 Å². The average Bonchev–Trinajstić information content (AvgIpc) is 3.05. The molecule has 7 nitrogen and oxygen atoms in total. The number of anilines is 2. The molecule has 0 aliphatic carbocycles. The zero-order valence-corrected chi connectivity index (χ0v) is 15.3. The largest absolute Gasteiger partial charge is 0.384 e. The van der Waals surface area contributed by atoms with Crippen molar-refractivity contribution in [3.05, 3.63) is 71.3 Å². The highest BCUT2D eigenvalue weighted by molar-refractivity contribution is 5.85. The van der Waals surface area contributed by atoms with Crippen LogP contribution < -0.4 is 11.1 Å². The van der Waals surface area contributed by atoms with Crippen LogP contribution in [0.3, 0.4) is 0 Å². The van der Waals surface area contributed by atoms with E-state index in [1.54, 1.807) is 0 Å². The molecule has 4 aromatic rings. The number of benzene rings is 1. The average molecular weight is 359 g/mol. The molecule has 1 aromatic carbocycles. The Hall–Kier alpha value is -3.48. The Morgan fingerprint density at radius 2 is 1.93 bits per heavy atom. The number of nitrogen functional groups attached to an aromatic ring is 1. The topological polar surface area (TPSA) is 94.5 Å². The number of aryl methyl sites for hydroxylation is 2. The second-order valence-corrected chi connectivity index (χ2v) is 6.55. The van der Waals surface area contributed by atoms with Crippen LogP contribution in [0.1, 0.15) is 22.4 Å². The summed E-state index contributed by atoms with van der Waals surface area (Å²) < 4.78 is 1.89. The molecular formula is C20H21N7. The Kier molecular flexibility index (Phi) is 4.42. The van der Waals surface area contributed by atoms with Gasteiger partial charge in [0.25, 0.3) is 0 Å². The van der Waals surface area contributed by atoms with Gasteiger partial charge in [0, 0.05) is 18.4 Å². The van der Waals surface area contributed by atoms with Crippen molar-refractivity contribution >= 4 is 22.7 Å². The van der Waals surface area contributed by atoms with Crippen LogP contribution in [0.2, 0.25) is 0 Å². The first-order valence-electron chi connectivity index (χ1n) is 8.78. The smallest absolute Gasteiger partial charge is 0.186 e. The summed E-state index contributed by atoms with van der Waals surface area (Å²) >= 11 is 0. The molecule has 7 heteroatoms. The molecule has 0 bridgehead atoms. The van der Waals surface area contributed by atoms with Crippen LogP contribution in [-0.2, 0) is 13.1 Å². The van der Waals surface area contributed by atoms with Gasteiger partial charge in [-0.3, -0.25) is 4.68 Å². The third-order valence-corrected chi connectivity index (χ3v) is 4.56. The highest BCUT2D eigenvalue weighted by Crippen LogP contribution is 2.21. The maximum Gasteiger partial charge on any atom is 0.186 e. The molecule has 0 aliphatic heterocycles. The summed E-state index contributed by atoms with van der Waals surface area (Å²) in [6, 6.07) is 12.1. The molecule has 3 N–H and O–H groups in total. The lowest BCUT2D eigenvalue weighted by molar-refractivity contribution is 0.693. The quantitative estimate of drug-likeness (QED) is 0.569. The van der Waals surface area contributed by atoms with Gasteiger partial charge < -0.3 is 11.1 Å². The van der Waals surface area contributed by atoms with Gasteiger partial charge in [0.05, 0.1) is 11.9 Å². The first-order valence-corrected chi connectivity index (χ1v) is 8.78. The van der Waals surface area contributed by atoms with Crippen molar-refractivity contribution in [2.75, 3.05) is 11.1 Å². The minimum Gasteiger partial charge on any atom is -0.384 e. The van der Waals surface area contributed by atoms with Gasteiger partial charge in [0.15, 0.2) is 5.65 Å². The van der Waals surface area contributed by atoms with Crippen LogP contribution in [0.25, 0.3) is 11.0 Å². The van der Waals surface area contributed by atoms with Crippen LogP contribution in [-0.4, -0.2) is 24.7 Å². The molecular weight excluding hydrogens is 338 g/mol. The molecule has 0 saturated heterocycles. The van der Waals surface area contributed by atoms with Crippen molar-refractivity contribution in [1.29, 1.82) is 0 Å². The van der Waals surface area contributed by atoms with Gasteiger partial charge in [0.1, 0.15) is 18.0 Å². The van der Waals surface area contributed by atoms with E-state index < -0.39 is 0 Å². The van der Waals surface area contributed by atoms with E-state index in [1.807, 2.05) is 49.0 Å². The molecule has 0 radical (unpaired) electrons. The fourth-order valence-electron chi connectivity index (χ4n) is 3.20. The highest BCUT2D eigenvalue weighted by atomic mass is 15.3. The maximum absolute atomic E-state index is 5.81. The van der Waals surface area contributed by atoms with Crippen molar-refractivity contribution in [2.24, 2.45) is 0 Å². The first kappa shape index (κ1) is 17.0. The molecule has 4 rings (SSSR count).